The van der Waals surface area contributed by atoms with Crippen molar-refractivity contribution in [3.05, 3.63) is 58.6 Å². The predicted octanol–water partition coefficient (Wildman–Crippen LogP) is 4.76. The van der Waals surface area contributed by atoms with Gasteiger partial charge in [-0.1, -0.05) is 53.5 Å². The SMILES string of the molecule is Oc1c(Cl)cc(Cl)cc1-c1cc(-c2ccccc2)n[nH]1. The van der Waals surface area contributed by atoms with Gasteiger partial charge in [-0.2, -0.15) is 5.10 Å². The van der Waals surface area contributed by atoms with Gasteiger partial charge in [-0.15, -0.1) is 0 Å². The van der Waals surface area contributed by atoms with Gasteiger partial charge in [0, 0.05) is 16.1 Å². The Hall–Kier alpha value is -1.97. The van der Waals surface area contributed by atoms with Crippen LogP contribution in [-0.2, 0) is 0 Å². The molecule has 0 spiro atoms. The van der Waals surface area contributed by atoms with E-state index in [0.29, 0.717) is 16.3 Å². The summed E-state index contributed by atoms with van der Waals surface area (Å²) in [7, 11) is 0. The highest BCUT2D eigenvalue weighted by molar-refractivity contribution is 6.36. The molecule has 0 saturated heterocycles. The zero-order chi connectivity index (χ0) is 14.1. The van der Waals surface area contributed by atoms with E-state index in [-0.39, 0.29) is 10.8 Å². The molecule has 0 fully saturated rings. The Kier molecular flexibility index (Phi) is 3.38. The van der Waals surface area contributed by atoms with Gasteiger partial charge in [0.2, 0.25) is 0 Å². The van der Waals surface area contributed by atoms with Crippen molar-refractivity contribution in [3.8, 4) is 28.3 Å². The summed E-state index contributed by atoms with van der Waals surface area (Å²) in [5.41, 5.74) is 2.96. The van der Waals surface area contributed by atoms with Gasteiger partial charge in [0.1, 0.15) is 5.75 Å². The molecule has 0 amide bonds. The summed E-state index contributed by atoms with van der Waals surface area (Å²) in [5.74, 6) is -0.0145. The second-order valence-corrected chi connectivity index (χ2v) is 5.16. The Morgan fingerprint density at radius 2 is 1.75 bits per heavy atom. The van der Waals surface area contributed by atoms with Crippen molar-refractivity contribution < 1.29 is 5.11 Å². The molecule has 1 heterocycles. The third kappa shape index (κ3) is 2.38. The number of phenols is 1. The molecule has 2 N–H and O–H groups in total. The van der Waals surface area contributed by atoms with Gasteiger partial charge >= 0.3 is 0 Å². The van der Waals surface area contributed by atoms with Crippen LogP contribution in [-0.4, -0.2) is 15.3 Å². The minimum Gasteiger partial charge on any atom is -0.506 e. The Morgan fingerprint density at radius 3 is 2.50 bits per heavy atom. The summed E-state index contributed by atoms with van der Waals surface area (Å²) in [6.45, 7) is 0. The minimum absolute atomic E-state index is 0.0145. The maximum Gasteiger partial charge on any atom is 0.143 e. The number of phenolic OH excluding ortho intramolecular Hbond substituents is 1. The smallest absolute Gasteiger partial charge is 0.143 e. The van der Waals surface area contributed by atoms with E-state index in [1.807, 2.05) is 36.4 Å². The molecule has 3 rings (SSSR count). The van der Waals surface area contributed by atoms with Crippen molar-refractivity contribution in [1.29, 1.82) is 0 Å². The summed E-state index contributed by atoms with van der Waals surface area (Å²) in [5, 5.41) is 17.8. The third-order valence-electron chi connectivity index (χ3n) is 2.97. The normalized spacial score (nSPS) is 10.7. The molecule has 20 heavy (non-hydrogen) atoms. The predicted molar refractivity (Wildman–Crippen MR) is 81.1 cm³/mol. The van der Waals surface area contributed by atoms with E-state index in [9.17, 15) is 5.11 Å². The van der Waals surface area contributed by atoms with E-state index in [2.05, 4.69) is 10.2 Å². The first kappa shape index (κ1) is 13.0. The number of hydrogen-bond donors (Lipinski definition) is 2. The fraction of sp³-hybridized carbons (Fsp3) is 0. The molecule has 0 aliphatic heterocycles. The lowest BCUT2D eigenvalue weighted by atomic mass is 10.1. The fourth-order valence-corrected chi connectivity index (χ4v) is 2.48. The van der Waals surface area contributed by atoms with Gasteiger partial charge < -0.3 is 5.11 Å². The number of benzene rings is 2. The second kappa shape index (κ2) is 5.19. The highest BCUT2D eigenvalue weighted by Crippen LogP contribution is 2.38. The lowest BCUT2D eigenvalue weighted by Crippen LogP contribution is -1.81. The molecule has 5 heteroatoms. The van der Waals surface area contributed by atoms with Crippen LogP contribution in [0.25, 0.3) is 22.5 Å². The molecule has 3 aromatic rings. The fourth-order valence-electron chi connectivity index (χ4n) is 1.99. The largest absolute Gasteiger partial charge is 0.506 e. The molecule has 0 bridgehead atoms. The van der Waals surface area contributed by atoms with Crippen LogP contribution in [0.3, 0.4) is 0 Å². The van der Waals surface area contributed by atoms with Crippen LogP contribution in [0.2, 0.25) is 10.0 Å². The van der Waals surface area contributed by atoms with Gasteiger partial charge in [-0.3, -0.25) is 5.10 Å². The van der Waals surface area contributed by atoms with E-state index >= 15 is 0 Å². The van der Waals surface area contributed by atoms with E-state index in [1.54, 1.807) is 6.07 Å². The molecule has 0 aliphatic rings. The Balaban J connectivity index is 2.07. The highest BCUT2D eigenvalue weighted by Gasteiger charge is 2.13. The first-order valence-electron chi connectivity index (χ1n) is 5.94. The third-order valence-corrected chi connectivity index (χ3v) is 3.47. The van der Waals surface area contributed by atoms with E-state index in [1.165, 1.54) is 6.07 Å². The maximum atomic E-state index is 10.0. The van der Waals surface area contributed by atoms with Crippen molar-refractivity contribution >= 4 is 23.2 Å². The van der Waals surface area contributed by atoms with Crippen molar-refractivity contribution in [2.75, 3.05) is 0 Å². The summed E-state index contributed by atoms with van der Waals surface area (Å²) in [6.07, 6.45) is 0. The Morgan fingerprint density at radius 1 is 1.00 bits per heavy atom. The molecule has 0 radical (unpaired) electrons. The molecule has 0 saturated carbocycles. The minimum atomic E-state index is -0.0145. The van der Waals surface area contributed by atoms with Crippen molar-refractivity contribution in [1.82, 2.24) is 10.2 Å². The number of halogens is 2. The molecule has 3 nitrogen and oxygen atoms in total. The second-order valence-electron chi connectivity index (χ2n) is 4.32. The monoisotopic (exact) mass is 304 g/mol. The molecule has 0 aliphatic carbocycles. The zero-order valence-electron chi connectivity index (χ0n) is 10.3. The summed E-state index contributed by atoms with van der Waals surface area (Å²) >= 11 is 11.9. The number of H-pyrrole nitrogens is 1. The van der Waals surface area contributed by atoms with Crippen LogP contribution < -0.4 is 0 Å². The topological polar surface area (TPSA) is 48.9 Å². The van der Waals surface area contributed by atoms with E-state index < -0.39 is 0 Å². The van der Waals surface area contributed by atoms with Crippen LogP contribution in [0.15, 0.2) is 48.5 Å². The van der Waals surface area contributed by atoms with Crippen molar-refractivity contribution in [2.45, 2.75) is 0 Å². The van der Waals surface area contributed by atoms with Gasteiger partial charge in [0.25, 0.3) is 0 Å². The van der Waals surface area contributed by atoms with Gasteiger partial charge in [0.15, 0.2) is 0 Å². The number of nitrogens with zero attached hydrogens (tertiary/aromatic N) is 1. The number of aromatic amines is 1. The van der Waals surface area contributed by atoms with Gasteiger partial charge in [-0.25, -0.2) is 0 Å². The average molecular weight is 305 g/mol. The zero-order valence-corrected chi connectivity index (χ0v) is 11.8. The molecule has 0 unspecified atom stereocenters. The van der Waals surface area contributed by atoms with Crippen molar-refractivity contribution in [2.24, 2.45) is 0 Å². The van der Waals surface area contributed by atoms with E-state index in [4.69, 9.17) is 23.2 Å². The number of hydrogen-bond acceptors (Lipinski definition) is 2. The number of rotatable bonds is 2. The maximum absolute atomic E-state index is 10.0. The summed E-state index contributed by atoms with van der Waals surface area (Å²) < 4.78 is 0. The molecular weight excluding hydrogens is 295 g/mol. The number of aromatic hydroxyl groups is 1. The lowest BCUT2D eigenvalue weighted by molar-refractivity contribution is 0.477. The Labute approximate surface area is 125 Å². The first-order valence-corrected chi connectivity index (χ1v) is 6.70. The quantitative estimate of drug-likeness (QED) is 0.717. The first-order chi connectivity index (χ1) is 9.65. The molecule has 0 atom stereocenters. The summed E-state index contributed by atoms with van der Waals surface area (Å²) in [4.78, 5) is 0. The van der Waals surface area contributed by atoms with Crippen LogP contribution in [0, 0.1) is 0 Å². The molecule has 2 aromatic carbocycles. The Bertz CT molecular complexity index is 754. The van der Waals surface area contributed by atoms with Crippen molar-refractivity contribution in [3.63, 3.8) is 0 Å². The standard InChI is InChI=1S/C15H10Cl2N2O/c16-10-6-11(15(20)12(17)7-10)14-8-13(18-19-14)9-4-2-1-3-5-9/h1-8,20H,(H,18,19). The average Bonchev–Trinajstić information content (AvgIpc) is 2.93. The molecule has 100 valence electrons. The number of nitrogens with one attached hydrogen (secondary N) is 1. The van der Waals surface area contributed by atoms with Crippen LogP contribution in [0.4, 0.5) is 0 Å². The molecule has 1 aromatic heterocycles. The van der Waals surface area contributed by atoms with Gasteiger partial charge in [-0.05, 0) is 18.2 Å². The lowest BCUT2D eigenvalue weighted by Gasteiger charge is -2.04. The highest BCUT2D eigenvalue weighted by atomic mass is 35.5. The van der Waals surface area contributed by atoms with Crippen LogP contribution in [0.1, 0.15) is 0 Å². The van der Waals surface area contributed by atoms with E-state index in [0.717, 1.165) is 11.3 Å². The van der Waals surface area contributed by atoms with Crippen LogP contribution in [0.5, 0.6) is 5.75 Å². The summed E-state index contributed by atoms with van der Waals surface area (Å²) in [6, 6.07) is 14.7. The molecular formula is C15H10Cl2N2O. The van der Waals surface area contributed by atoms with Crippen LogP contribution >= 0.6 is 23.2 Å². The number of aromatic nitrogens is 2. The van der Waals surface area contributed by atoms with Gasteiger partial charge in [0.05, 0.1) is 16.4 Å².